The van der Waals surface area contributed by atoms with Crippen LogP contribution in [0.3, 0.4) is 0 Å². The fraction of sp³-hybridized carbons (Fsp3) is 0.316. The molecule has 1 fully saturated rings. The normalized spacial score (nSPS) is 14.8. The van der Waals surface area contributed by atoms with E-state index in [2.05, 4.69) is 15.2 Å². The van der Waals surface area contributed by atoms with E-state index in [-0.39, 0.29) is 11.8 Å². The van der Waals surface area contributed by atoms with E-state index in [4.69, 9.17) is 4.74 Å². The molecule has 0 atom stereocenters. The molecule has 2 heterocycles. The molecule has 0 aliphatic carbocycles. The monoisotopic (exact) mass is 354 g/mol. The van der Waals surface area contributed by atoms with Crippen LogP contribution in [-0.4, -0.2) is 66.9 Å². The van der Waals surface area contributed by atoms with Gasteiger partial charge in [-0.3, -0.25) is 14.6 Å². The molecule has 7 heteroatoms. The molecule has 1 aliphatic rings. The molecule has 2 amide bonds. The number of aromatic nitrogens is 1. The molecule has 2 aromatic rings. The zero-order valence-electron chi connectivity index (χ0n) is 14.9. The zero-order valence-corrected chi connectivity index (χ0v) is 14.9. The second kappa shape index (κ2) is 7.97. The summed E-state index contributed by atoms with van der Waals surface area (Å²) in [5.41, 5.74) is 1.42. The summed E-state index contributed by atoms with van der Waals surface area (Å²) in [6.07, 6.45) is 2.96. The average molecular weight is 354 g/mol. The second-order valence-corrected chi connectivity index (χ2v) is 6.24. The first-order valence-electron chi connectivity index (χ1n) is 8.45. The van der Waals surface area contributed by atoms with Crippen molar-refractivity contribution < 1.29 is 14.3 Å². The molecule has 0 saturated carbocycles. The maximum absolute atomic E-state index is 12.6. The van der Waals surface area contributed by atoms with Gasteiger partial charge in [0.2, 0.25) is 0 Å². The van der Waals surface area contributed by atoms with Crippen LogP contribution < -0.4 is 10.1 Å². The average Bonchev–Trinajstić information content (AvgIpc) is 2.68. The number of carbonyl (C=O) groups excluding carboxylic acids is 2. The van der Waals surface area contributed by atoms with Gasteiger partial charge in [0, 0.05) is 44.3 Å². The lowest BCUT2D eigenvalue weighted by atomic mass is 10.1. The minimum atomic E-state index is -0.310. The van der Waals surface area contributed by atoms with E-state index in [9.17, 15) is 9.59 Å². The molecular formula is C19H22N4O3. The number of benzene rings is 1. The van der Waals surface area contributed by atoms with E-state index in [1.54, 1.807) is 42.3 Å². The molecule has 1 aliphatic heterocycles. The summed E-state index contributed by atoms with van der Waals surface area (Å²) in [4.78, 5) is 33.1. The third kappa shape index (κ3) is 4.18. The molecule has 0 bridgehead atoms. The van der Waals surface area contributed by atoms with Crippen LogP contribution in [0.1, 0.15) is 20.7 Å². The Balaban J connectivity index is 1.69. The molecule has 3 rings (SSSR count). The van der Waals surface area contributed by atoms with Gasteiger partial charge in [0.05, 0.1) is 18.2 Å². The van der Waals surface area contributed by atoms with Gasteiger partial charge < -0.3 is 19.9 Å². The first-order valence-corrected chi connectivity index (χ1v) is 8.45. The van der Waals surface area contributed by atoms with Gasteiger partial charge in [-0.25, -0.2) is 0 Å². The lowest BCUT2D eigenvalue weighted by Gasteiger charge is -2.32. The van der Waals surface area contributed by atoms with Crippen LogP contribution in [0.15, 0.2) is 42.7 Å². The van der Waals surface area contributed by atoms with Gasteiger partial charge in [0.15, 0.2) is 0 Å². The summed E-state index contributed by atoms with van der Waals surface area (Å²) in [6, 6.07) is 8.63. The number of rotatable bonds is 4. The number of anilines is 1. The van der Waals surface area contributed by atoms with Gasteiger partial charge in [0.1, 0.15) is 5.75 Å². The standard InChI is InChI=1S/C19H22N4O3/c1-22-7-9-23(10-8-22)19(25)15-11-14(12-20-13-15)18(24)21-16-3-5-17(26-2)6-4-16/h3-6,11-13H,7-10H2,1-2H3,(H,21,24). The Bertz CT molecular complexity index is 784. The molecule has 1 saturated heterocycles. The Labute approximate surface area is 152 Å². The lowest BCUT2D eigenvalue weighted by Crippen LogP contribution is -2.47. The number of nitrogens with zero attached hydrogens (tertiary/aromatic N) is 3. The Kier molecular flexibility index (Phi) is 5.48. The molecule has 1 N–H and O–H groups in total. The van der Waals surface area contributed by atoms with Crippen molar-refractivity contribution in [2.75, 3.05) is 45.7 Å². The molecule has 0 spiro atoms. The highest BCUT2D eigenvalue weighted by Crippen LogP contribution is 2.16. The molecule has 0 unspecified atom stereocenters. The predicted molar refractivity (Wildman–Crippen MR) is 98.6 cm³/mol. The quantitative estimate of drug-likeness (QED) is 0.905. The Hall–Kier alpha value is -2.93. The smallest absolute Gasteiger partial charge is 0.257 e. The molecule has 1 aromatic heterocycles. The van der Waals surface area contributed by atoms with Crippen LogP contribution in [0.4, 0.5) is 5.69 Å². The highest BCUT2D eigenvalue weighted by molar-refractivity contribution is 6.05. The maximum Gasteiger partial charge on any atom is 0.257 e. The molecule has 26 heavy (non-hydrogen) atoms. The van der Waals surface area contributed by atoms with Crippen LogP contribution in [0.5, 0.6) is 5.75 Å². The Morgan fingerprint density at radius 1 is 1.04 bits per heavy atom. The molecular weight excluding hydrogens is 332 g/mol. The van der Waals surface area contributed by atoms with Crippen molar-refractivity contribution in [1.82, 2.24) is 14.8 Å². The molecule has 136 valence electrons. The fourth-order valence-corrected chi connectivity index (χ4v) is 2.75. The van der Waals surface area contributed by atoms with E-state index in [0.717, 1.165) is 13.1 Å². The van der Waals surface area contributed by atoms with Crippen molar-refractivity contribution >= 4 is 17.5 Å². The van der Waals surface area contributed by atoms with Gasteiger partial charge in [-0.1, -0.05) is 0 Å². The molecule has 7 nitrogen and oxygen atoms in total. The van der Waals surface area contributed by atoms with Crippen molar-refractivity contribution in [3.05, 3.63) is 53.9 Å². The number of carbonyl (C=O) groups is 2. The number of hydrogen-bond donors (Lipinski definition) is 1. The Morgan fingerprint density at radius 2 is 1.69 bits per heavy atom. The summed E-state index contributed by atoms with van der Waals surface area (Å²) in [5.74, 6) is 0.310. The van der Waals surface area contributed by atoms with E-state index < -0.39 is 0 Å². The zero-order chi connectivity index (χ0) is 18.5. The number of ether oxygens (including phenoxy) is 1. The van der Waals surface area contributed by atoms with E-state index in [1.807, 2.05) is 7.05 Å². The van der Waals surface area contributed by atoms with Gasteiger partial charge in [-0.2, -0.15) is 0 Å². The maximum atomic E-state index is 12.6. The van der Waals surface area contributed by atoms with Crippen LogP contribution in [0.2, 0.25) is 0 Å². The van der Waals surface area contributed by atoms with Gasteiger partial charge in [0.25, 0.3) is 11.8 Å². The third-order valence-corrected chi connectivity index (χ3v) is 4.39. The second-order valence-electron chi connectivity index (χ2n) is 6.24. The summed E-state index contributed by atoms with van der Waals surface area (Å²) in [6.45, 7) is 3.04. The summed E-state index contributed by atoms with van der Waals surface area (Å²) in [7, 11) is 3.62. The summed E-state index contributed by atoms with van der Waals surface area (Å²) < 4.78 is 5.10. The highest BCUT2D eigenvalue weighted by atomic mass is 16.5. The van der Waals surface area contributed by atoms with Crippen molar-refractivity contribution in [2.45, 2.75) is 0 Å². The molecule has 1 aromatic carbocycles. The van der Waals surface area contributed by atoms with Gasteiger partial charge in [-0.15, -0.1) is 0 Å². The van der Waals surface area contributed by atoms with E-state index >= 15 is 0 Å². The lowest BCUT2D eigenvalue weighted by molar-refractivity contribution is 0.0663. The minimum Gasteiger partial charge on any atom is -0.497 e. The van der Waals surface area contributed by atoms with E-state index in [0.29, 0.717) is 35.7 Å². The topological polar surface area (TPSA) is 74.8 Å². The molecule has 0 radical (unpaired) electrons. The van der Waals surface area contributed by atoms with Crippen molar-refractivity contribution in [3.63, 3.8) is 0 Å². The number of nitrogens with one attached hydrogen (secondary N) is 1. The first-order chi connectivity index (χ1) is 12.6. The predicted octanol–water partition coefficient (Wildman–Crippen LogP) is 1.73. The number of likely N-dealkylation sites (N-methyl/N-ethyl adjacent to an activating group) is 1. The van der Waals surface area contributed by atoms with Crippen LogP contribution >= 0.6 is 0 Å². The Morgan fingerprint density at radius 3 is 2.35 bits per heavy atom. The minimum absolute atomic E-state index is 0.0929. The van der Waals surface area contributed by atoms with Gasteiger partial charge in [-0.05, 0) is 37.4 Å². The SMILES string of the molecule is COc1ccc(NC(=O)c2cncc(C(=O)N3CCN(C)CC3)c2)cc1. The first kappa shape index (κ1) is 17.9. The van der Waals surface area contributed by atoms with Crippen LogP contribution in [0.25, 0.3) is 0 Å². The van der Waals surface area contributed by atoms with Crippen LogP contribution in [-0.2, 0) is 0 Å². The van der Waals surface area contributed by atoms with Crippen molar-refractivity contribution in [1.29, 1.82) is 0 Å². The fourth-order valence-electron chi connectivity index (χ4n) is 2.75. The highest BCUT2D eigenvalue weighted by Gasteiger charge is 2.21. The van der Waals surface area contributed by atoms with Crippen LogP contribution in [0, 0.1) is 0 Å². The summed E-state index contributed by atoms with van der Waals surface area (Å²) >= 11 is 0. The number of pyridine rings is 1. The van der Waals surface area contributed by atoms with E-state index in [1.165, 1.54) is 12.4 Å². The number of amides is 2. The van der Waals surface area contributed by atoms with Crippen molar-refractivity contribution in [2.24, 2.45) is 0 Å². The summed E-state index contributed by atoms with van der Waals surface area (Å²) in [5, 5.41) is 2.79. The number of hydrogen-bond acceptors (Lipinski definition) is 5. The largest absolute Gasteiger partial charge is 0.497 e. The number of piperazine rings is 1. The van der Waals surface area contributed by atoms with Gasteiger partial charge >= 0.3 is 0 Å². The van der Waals surface area contributed by atoms with Crippen molar-refractivity contribution in [3.8, 4) is 5.75 Å². The third-order valence-electron chi connectivity index (χ3n) is 4.39. The number of methoxy groups -OCH3 is 1.